The van der Waals surface area contributed by atoms with Crippen molar-refractivity contribution in [1.82, 2.24) is 4.98 Å². The van der Waals surface area contributed by atoms with Crippen LogP contribution < -0.4 is 4.90 Å². The summed E-state index contributed by atoms with van der Waals surface area (Å²) in [5.41, 5.74) is 4.07. The van der Waals surface area contributed by atoms with Gasteiger partial charge in [0.05, 0.1) is 34.3 Å². The number of ketones is 1. The number of rotatable bonds is 6. The molecule has 2 aliphatic rings. The van der Waals surface area contributed by atoms with E-state index in [0.29, 0.717) is 46.3 Å². The van der Waals surface area contributed by atoms with Crippen LogP contribution in [0.3, 0.4) is 0 Å². The molecule has 2 heterocycles. The summed E-state index contributed by atoms with van der Waals surface area (Å²) in [7, 11) is 0. The molecule has 1 aliphatic heterocycles. The molecule has 41 heavy (non-hydrogen) atoms. The maximum atomic E-state index is 13.3. The third-order valence-electron chi connectivity index (χ3n) is 7.63. The summed E-state index contributed by atoms with van der Waals surface area (Å²) >= 11 is 3.45. The summed E-state index contributed by atoms with van der Waals surface area (Å²) in [6.45, 7) is 1.54. The van der Waals surface area contributed by atoms with Gasteiger partial charge in [0.1, 0.15) is 0 Å². The lowest BCUT2D eigenvalue weighted by molar-refractivity contribution is -0.122. The minimum atomic E-state index is -0.640. The van der Waals surface area contributed by atoms with Gasteiger partial charge in [0.15, 0.2) is 12.4 Å². The molecule has 8 heteroatoms. The maximum absolute atomic E-state index is 13.3. The van der Waals surface area contributed by atoms with Crippen molar-refractivity contribution in [3.05, 3.63) is 106 Å². The van der Waals surface area contributed by atoms with Gasteiger partial charge in [-0.05, 0) is 56.2 Å². The second kappa shape index (κ2) is 10.9. The summed E-state index contributed by atoms with van der Waals surface area (Å²) < 4.78 is 6.22. The average Bonchev–Trinajstić information content (AvgIpc) is 3.25. The number of halogens is 1. The summed E-state index contributed by atoms with van der Waals surface area (Å²) in [5, 5.41) is 0.581. The first-order valence-electron chi connectivity index (χ1n) is 13.3. The first-order valence-corrected chi connectivity index (χ1v) is 14.1. The molecule has 0 radical (unpaired) electrons. The quantitative estimate of drug-likeness (QED) is 0.108. The number of Topliss-reactive ketones (excluding diaryl/α,β-unsaturated/α-hetero) is 1. The van der Waals surface area contributed by atoms with E-state index in [4.69, 9.17) is 9.72 Å². The smallest absolute Gasteiger partial charge is 0.339 e. The van der Waals surface area contributed by atoms with Gasteiger partial charge in [0, 0.05) is 21.0 Å². The Morgan fingerprint density at radius 2 is 1.56 bits per heavy atom. The zero-order valence-electron chi connectivity index (χ0n) is 22.2. The van der Waals surface area contributed by atoms with Crippen molar-refractivity contribution in [1.29, 1.82) is 0 Å². The van der Waals surface area contributed by atoms with Crippen LogP contribution in [0.4, 0.5) is 5.69 Å². The third kappa shape index (κ3) is 5.11. The van der Waals surface area contributed by atoms with E-state index in [2.05, 4.69) is 15.9 Å². The highest BCUT2D eigenvalue weighted by Crippen LogP contribution is 2.38. The number of amides is 2. The highest BCUT2D eigenvalue weighted by Gasteiger charge is 2.47. The van der Waals surface area contributed by atoms with Crippen molar-refractivity contribution >= 4 is 56.1 Å². The molecule has 2 atom stereocenters. The fraction of sp³-hybridized carbons (Fsp3) is 0.182. The molecule has 0 bridgehead atoms. The van der Waals surface area contributed by atoms with Crippen molar-refractivity contribution in [2.45, 2.75) is 19.8 Å². The Kier molecular flexibility index (Phi) is 7.09. The number of carbonyl (C=O) groups is 4. The van der Waals surface area contributed by atoms with Crippen LogP contribution >= 0.6 is 15.9 Å². The summed E-state index contributed by atoms with van der Waals surface area (Å²) in [5.74, 6) is -1.89. The van der Waals surface area contributed by atoms with Gasteiger partial charge >= 0.3 is 5.97 Å². The van der Waals surface area contributed by atoms with Crippen LogP contribution in [0.2, 0.25) is 0 Å². The molecule has 1 aliphatic carbocycles. The lowest BCUT2D eigenvalue weighted by Gasteiger charge is -2.15. The minimum Gasteiger partial charge on any atom is -0.454 e. The molecule has 0 unspecified atom stereocenters. The van der Waals surface area contributed by atoms with Crippen molar-refractivity contribution in [3.8, 4) is 11.3 Å². The van der Waals surface area contributed by atoms with Crippen molar-refractivity contribution in [2.75, 3.05) is 11.5 Å². The Hall–Kier alpha value is -4.43. The number of esters is 1. The van der Waals surface area contributed by atoms with Gasteiger partial charge in [-0.25, -0.2) is 9.78 Å². The topological polar surface area (TPSA) is 93.6 Å². The minimum absolute atomic E-state index is 0.170. The largest absolute Gasteiger partial charge is 0.454 e. The zero-order chi connectivity index (χ0) is 28.7. The number of fused-ring (bicyclic) bond motifs is 2. The number of carbonyl (C=O) groups excluding carboxylic acids is 4. The van der Waals surface area contributed by atoms with Crippen molar-refractivity contribution < 1.29 is 23.9 Å². The molecule has 3 aromatic carbocycles. The summed E-state index contributed by atoms with van der Waals surface area (Å²) in [6, 6.07) is 21.1. The maximum Gasteiger partial charge on any atom is 0.339 e. The molecule has 0 saturated carbocycles. The molecule has 1 saturated heterocycles. The van der Waals surface area contributed by atoms with E-state index < -0.39 is 5.97 Å². The van der Waals surface area contributed by atoms with Gasteiger partial charge < -0.3 is 4.74 Å². The van der Waals surface area contributed by atoms with E-state index in [0.717, 1.165) is 10.0 Å². The van der Waals surface area contributed by atoms with E-state index in [1.165, 1.54) is 4.90 Å². The predicted octanol–water partition coefficient (Wildman–Crippen LogP) is 6.47. The first-order chi connectivity index (χ1) is 19.8. The second-order valence-corrected chi connectivity index (χ2v) is 11.2. The average molecular weight is 609 g/mol. The highest BCUT2D eigenvalue weighted by atomic mass is 79.9. The fourth-order valence-corrected chi connectivity index (χ4v) is 5.74. The van der Waals surface area contributed by atoms with Gasteiger partial charge in [-0.2, -0.15) is 0 Å². The first kappa shape index (κ1) is 26.8. The van der Waals surface area contributed by atoms with Crippen LogP contribution in [0.15, 0.2) is 89.4 Å². The predicted molar refractivity (Wildman–Crippen MR) is 159 cm³/mol. The van der Waals surface area contributed by atoms with E-state index >= 15 is 0 Å². The SMILES string of the molecule is Cc1ccc(C(=O)COC(=O)c2cc(-c3ccc(N4C(=O)[C@H]5CC=CC[C@@H]5C4=O)cc3)nc3ccc(Br)cc23)cc1. The normalized spacial score (nSPS) is 18.0. The Balaban J connectivity index is 1.28. The Labute approximate surface area is 245 Å². The van der Waals surface area contributed by atoms with Crippen LogP contribution in [0, 0.1) is 18.8 Å². The van der Waals surface area contributed by atoms with Crippen LogP contribution in [-0.2, 0) is 14.3 Å². The Morgan fingerprint density at radius 3 is 2.22 bits per heavy atom. The van der Waals surface area contributed by atoms with Crippen LogP contribution in [0.5, 0.6) is 0 Å². The van der Waals surface area contributed by atoms with Crippen molar-refractivity contribution in [3.63, 3.8) is 0 Å². The number of imide groups is 1. The zero-order valence-corrected chi connectivity index (χ0v) is 23.8. The number of hydrogen-bond donors (Lipinski definition) is 0. The molecule has 1 aromatic heterocycles. The molecule has 1 fully saturated rings. The van der Waals surface area contributed by atoms with Gasteiger partial charge in [0.2, 0.25) is 11.8 Å². The number of aromatic nitrogens is 1. The molecule has 6 rings (SSSR count). The number of nitrogens with zero attached hydrogens (tertiary/aromatic N) is 2. The number of ether oxygens (including phenoxy) is 1. The van der Waals surface area contributed by atoms with Gasteiger partial charge in [0.25, 0.3) is 0 Å². The van der Waals surface area contributed by atoms with E-state index in [1.54, 1.807) is 54.6 Å². The number of anilines is 1. The molecular formula is C33H25BrN2O5. The van der Waals surface area contributed by atoms with E-state index in [9.17, 15) is 19.2 Å². The van der Waals surface area contributed by atoms with Crippen LogP contribution in [-0.4, -0.2) is 35.2 Å². The molecule has 0 spiro atoms. The molecule has 4 aromatic rings. The summed E-state index contributed by atoms with van der Waals surface area (Å²) in [4.78, 5) is 57.9. The van der Waals surface area contributed by atoms with Gasteiger partial charge in [-0.3, -0.25) is 19.3 Å². The molecule has 204 valence electrons. The summed E-state index contributed by atoms with van der Waals surface area (Å²) in [6.07, 6.45) is 5.08. The molecule has 0 N–H and O–H groups in total. The van der Waals surface area contributed by atoms with E-state index in [1.807, 2.05) is 37.3 Å². The monoisotopic (exact) mass is 608 g/mol. The van der Waals surface area contributed by atoms with Gasteiger partial charge in [-0.15, -0.1) is 0 Å². The van der Waals surface area contributed by atoms with Crippen molar-refractivity contribution in [2.24, 2.45) is 11.8 Å². The fourth-order valence-electron chi connectivity index (χ4n) is 5.38. The van der Waals surface area contributed by atoms with Crippen LogP contribution in [0.1, 0.15) is 39.1 Å². The molecular weight excluding hydrogens is 584 g/mol. The molecule has 2 amide bonds. The lowest BCUT2D eigenvalue weighted by atomic mass is 9.85. The van der Waals surface area contributed by atoms with Gasteiger partial charge in [-0.1, -0.05) is 70.0 Å². The number of benzene rings is 3. The Morgan fingerprint density at radius 1 is 0.902 bits per heavy atom. The third-order valence-corrected chi connectivity index (χ3v) is 8.12. The lowest BCUT2D eigenvalue weighted by Crippen LogP contribution is -2.30. The number of pyridine rings is 1. The molecule has 7 nitrogen and oxygen atoms in total. The van der Waals surface area contributed by atoms with E-state index in [-0.39, 0.29) is 41.6 Å². The Bertz CT molecular complexity index is 1720. The second-order valence-electron chi connectivity index (χ2n) is 10.3. The number of allylic oxidation sites excluding steroid dienone is 2. The highest BCUT2D eigenvalue weighted by molar-refractivity contribution is 9.10. The number of hydrogen-bond acceptors (Lipinski definition) is 6. The standard InChI is InChI=1S/C33H25BrN2O5/c1-19-6-8-21(9-7-19)30(37)18-41-33(40)27-17-29(35-28-15-12-22(34)16-26(27)28)20-10-13-23(14-11-20)36-31(38)24-4-2-3-5-25(24)32(36)39/h2-3,6-17,24-25H,4-5,18H2,1H3/t24-,25-/m0/s1. The van der Waals surface area contributed by atoms with Crippen LogP contribution in [0.25, 0.3) is 22.2 Å². The number of aryl methyl sites for hydroxylation is 1.